The summed E-state index contributed by atoms with van der Waals surface area (Å²) < 4.78 is 39.8. The van der Waals surface area contributed by atoms with Crippen LogP contribution in [0.3, 0.4) is 0 Å². The van der Waals surface area contributed by atoms with Crippen molar-refractivity contribution in [2.45, 2.75) is 13.1 Å². The Balaban J connectivity index is 2.40. The van der Waals surface area contributed by atoms with Crippen LogP contribution in [0.1, 0.15) is 17.3 Å². The highest BCUT2D eigenvalue weighted by Crippen LogP contribution is 2.14. The Labute approximate surface area is 114 Å². The molecule has 0 fully saturated rings. The molecule has 0 saturated heterocycles. The van der Waals surface area contributed by atoms with Gasteiger partial charge in [0.05, 0.1) is 17.9 Å². The second-order valence-electron chi connectivity index (χ2n) is 3.88. The first-order valence-electron chi connectivity index (χ1n) is 6.04. The van der Waals surface area contributed by atoms with E-state index in [0.29, 0.717) is 17.8 Å². The maximum atomic E-state index is 11.8. The van der Waals surface area contributed by atoms with Gasteiger partial charge in [0.2, 0.25) is 0 Å². The van der Waals surface area contributed by atoms with Gasteiger partial charge < -0.3 is 15.4 Å². The minimum absolute atomic E-state index is 0.00459. The molecule has 0 aromatic carbocycles. The SMILES string of the molecule is CCNc1ccncc1C(=O)NCCOCC(F)(F)F. The zero-order valence-corrected chi connectivity index (χ0v) is 11.0. The van der Waals surface area contributed by atoms with Crippen molar-refractivity contribution in [1.82, 2.24) is 10.3 Å². The smallest absolute Gasteiger partial charge is 0.385 e. The van der Waals surface area contributed by atoms with E-state index in [4.69, 9.17) is 0 Å². The standard InChI is InChI=1S/C12H16F3N3O2/c1-2-17-10-3-4-16-7-9(10)11(19)18-5-6-20-8-12(13,14)15/h3-4,7H,2,5-6,8H2,1H3,(H,16,17)(H,18,19). The van der Waals surface area contributed by atoms with Gasteiger partial charge in [0.15, 0.2) is 0 Å². The van der Waals surface area contributed by atoms with Gasteiger partial charge in [0.25, 0.3) is 5.91 Å². The number of aromatic nitrogens is 1. The first-order valence-corrected chi connectivity index (χ1v) is 6.04. The van der Waals surface area contributed by atoms with Crippen LogP contribution in [-0.2, 0) is 4.74 Å². The number of pyridine rings is 1. The molecule has 1 aromatic heterocycles. The molecule has 0 bridgehead atoms. The van der Waals surface area contributed by atoms with E-state index in [-0.39, 0.29) is 13.2 Å². The zero-order chi connectivity index (χ0) is 15.0. The summed E-state index contributed by atoms with van der Waals surface area (Å²) in [5.74, 6) is -0.412. The molecule has 1 heterocycles. The summed E-state index contributed by atoms with van der Waals surface area (Å²) in [6.45, 7) is 0.988. The molecule has 0 radical (unpaired) electrons. The van der Waals surface area contributed by atoms with E-state index >= 15 is 0 Å². The van der Waals surface area contributed by atoms with E-state index < -0.39 is 18.7 Å². The maximum Gasteiger partial charge on any atom is 0.411 e. The first-order chi connectivity index (χ1) is 9.44. The molecule has 1 amide bonds. The van der Waals surface area contributed by atoms with Crippen molar-refractivity contribution in [2.24, 2.45) is 0 Å². The number of rotatable bonds is 7. The van der Waals surface area contributed by atoms with Gasteiger partial charge in [-0.25, -0.2) is 0 Å². The highest BCUT2D eigenvalue weighted by Gasteiger charge is 2.27. The van der Waals surface area contributed by atoms with Crippen LogP contribution in [0.25, 0.3) is 0 Å². The lowest BCUT2D eigenvalue weighted by molar-refractivity contribution is -0.173. The molecule has 0 aliphatic rings. The molecule has 0 saturated carbocycles. The quantitative estimate of drug-likeness (QED) is 0.752. The van der Waals surface area contributed by atoms with E-state index in [0.717, 1.165) is 0 Å². The number of amides is 1. The van der Waals surface area contributed by atoms with Crippen molar-refractivity contribution in [3.8, 4) is 0 Å². The zero-order valence-electron chi connectivity index (χ0n) is 11.0. The second-order valence-corrected chi connectivity index (χ2v) is 3.88. The van der Waals surface area contributed by atoms with Gasteiger partial charge in [-0.15, -0.1) is 0 Å². The third-order valence-electron chi connectivity index (χ3n) is 2.23. The highest BCUT2D eigenvalue weighted by atomic mass is 19.4. The average Bonchev–Trinajstić information content (AvgIpc) is 2.38. The van der Waals surface area contributed by atoms with Gasteiger partial charge in [0.1, 0.15) is 6.61 Å². The van der Waals surface area contributed by atoms with Crippen LogP contribution < -0.4 is 10.6 Å². The first kappa shape index (κ1) is 16.2. The third-order valence-corrected chi connectivity index (χ3v) is 2.23. The molecule has 0 atom stereocenters. The number of carbonyl (C=O) groups is 1. The van der Waals surface area contributed by atoms with E-state index in [9.17, 15) is 18.0 Å². The molecule has 112 valence electrons. The van der Waals surface area contributed by atoms with Crippen molar-refractivity contribution in [3.63, 3.8) is 0 Å². The molecular formula is C12H16F3N3O2. The summed E-state index contributed by atoms with van der Waals surface area (Å²) in [5, 5.41) is 5.47. The Morgan fingerprint density at radius 2 is 2.20 bits per heavy atom. The normalized spacial score (nSPS) is 11.2. The van der Waals surface area contributed by atoms with Crippen LogP contribution in [0, 0.1) is 0 Å². The third kappa shape index (κ3) is 5.87. The van der Waals surface area contributed by atoms with E-state index in [1.165, 1.54) is 6.20 Å². The highest BCUT2D eigenvalue weighted by molar-refractivity contribution is 5.99. The number of ether oxygens (including phenoxy) is 1. The van der Waals surface area contributed by atoms with Crippen LogP contribution in [0.2, 0.25) is 0 Å². The Morgan fingerprint density at radius 3 is 2.85 bits per heavy atom. The molecule has 20 heavy (non-hydrogen) atoms. The van der Waals surface area contributed by atoms with E-state index in [1.807, 2.05) is 6.92 Å². The van der Waals surface area contributed by atoms with Crippen LogP contribution in [0.4, 0.5) is 18.9 Å². The predicted molar refractivity (Wildman–Crippen MR) is 67.6 cm³/mol. The fourth-order valence-electron chi connectivity index (χ4n) is 1.44. The van der Waals surface area contributed by atoms with Crippen molar-refractivity contribution in [1.29, 1.82) is 0 Å². The lowest BCUT2D eigenvalue weighted by Crippen LogP contribution is -2.29. The number of alkyl halides is 3. The Morgan fingerprint density at radius 1 is 1.45 bits per heavy atom. The summed E-state index contributed by atoms with van der Waals surface area (Å²) >= 11 is 0. The summed E-state index contributed by atoms with van der Waals surface area (Å²) in [6, 6.07) is 1.65. The van der Waals surface area contributed by atoms with Crippen LogP contribution in [-0.4, -0.2) is 43.4 Å². The summed E-state index contributed by atoms with van der Waals surface area (Å²) in [5.41, 5.74) is 0.960. The Bertz CT molecular complexity index is 438. The number of nitrogens with one attached hydrogen (secondary N) is 2. The van der Waals surface area contributed by atoms with Gasteiger partial charge in [-0.2, -0.15) is 13.2 Å². The number of hydrogen-bond acceptors (Lipinski definition) is 4. The van der Waals surface area contributed by atoms with Gasteiger partial charge in [-0.3, -0.25) is 9.78 Å². The molecular weight excluding hydrogens is 275 g/mol. The largest absolute Gasteiger partial charge is 0.411 e. The minimum atomic E-state index is -4.36. The number of nitrogens with zero attached hydrogens (tertiary/aromatic N) is 1. The minimum Gasteiger partial charge on any atom is -0.385 e. The van der Waals surface area contributed by atoms with Crippen LogP contribution in [0.5, 0.6) is 0 Å². The van der Waals surface area contributed by atoms with Crippen molar-refractivity contribution in [3.05, 3.63) is 24.0 Å². The molecule has 0 unspecified atom stereocenters. The van der Waals surface area contributed by atoms with Crippen molar-refractivity contribution < 1.29 is 22.7 Å². The number of anilines is 1. The molecule has 1 rings (SSSR count). The molecule has 0 aliphatic carbocycles. The summed E-state index contributed by atoms with van der Waals surface area (Å²) in [7, 11) is 0. The molecule has 2 N–H and O–H groups in total. The summed E-state index contributed by atoms with van der Waals surface area (Å²) in [6.07, 6.45) is -1.42. The van der Waals surface area contributed by atoms with E-state index in [1.54, 1.807) is 12.3 Å². The molecule has 8 heteroatoms. The molecule has 5 nitrogen and oxygen atoms in total. The van der Waals surface area contributed by atoms with Crippen molar-refractivity contribution in [2.75, 3.05) is 31.6 Å². The van der Waals surface area contributed by atoms with Crippen molar-refractivity contribution >= 4 is 11.6 Å². The average molecular weight is 291 g/mol. The monoisotopic (exact) mass is 291 g/mol. The topological polar surface area (TPSA) is 63.2 Å². The molecule has 1 aromatic rings. The second kappa shape index (κ2) is 7.68. The summed E-state index contributed by atoms with van der Waals surface area (Å²) in [4.78, 5) is 15.7. The van der Waals surface area contributed by atoms with Gasteiger partial charge in [-0.1, -0.05) is 0 Å². The van der Waals surface area contributed by atoms with Crippen LogP contribution in [0.15, 0.2) is 18.5 Å². The number of halogens is 3. The van der Waals surface area contributed by atoms with Gasteiger partial charge >= 0.3 is 6.18 Å². The lowest BCUT2D eigenvalue weighted by atomic mass is 10.2. The Hall–Kier alpha value is -1.83. The number of carbonyl (C=O) groups excluding carboxylic acids is 1. The number of hydrogen-bond donors (Lipinski definition) is 2. The molecule has 0 spiro atoms. The molecule has 0 aliphatic heterocycles. The lowest BCUT2D eigenvalue weighted by Gasteiger charge is -2.11. The fourth-order valence-corrected chi connectivity index (χ4v) is 1.44. The van der Waals surface area contributed by atoms with Gasteiger partial charge in [0, 0.05) is 25.5 Å². The van der Waals surface area contributed by atoms with E-state index in [2.05, 4.69) is 20.4 Å². The fraction of sp³-hybridized carbons (Fsp3) is 0.500. The predicted octanol–water partition coefficient (Wildman–Crippen LogP) is 1.82. The van der Waals surface area contributed by atoms with Crippen LogP contribution >= 0.6 is 0 Å². The maximum absolute atomic E-state index is 11.8. The van der Waals surface area contributed by atoms with Gasteiger partial charge in [-0.05, 0) is 13.0 Å². The Kier molecular flexibility index (Phi) is 6.23.